The third-order valence-electron chi connectivity index (χ3n) is 2.13. The van der Waals surface area contributed by atoms with E-state index in [9.17, 15) is 0 Å². The van der Waals surface area contributed by atoms with Gasteiger partial charge in [-0.15, -0.1) is 0 Å². The maximum atomic E-state index is 3.12. The maximum absolute atomic E-state index is 3.12. The Balaban J connectivity index is -0.00000000413. The van der Waals surface area contributed by atoms with Gasteiger partial charge in [0.25, 0.3) is 0 Å². The molecule has 0 unspecified atom stereocenters. The molecule has 4 nitrogen and oxygen atoms in total. The number of hydrogen-bond donors (Lipinski definition) is 3. The minimum atomic E-state index is 0. The highest BCUT2D eigenvalue weighted by Crippen LogP contribution is 1.82. The molecule has 258 valence electrons. The van der Waals surface area contributed by atoms with Gasteiger partial charge in [-0.1, -0.05) is 154 Å². The Morgan fingerprint density at radius 3 is 0.806 bits per heavy atom. The molecule has 0 radical (unpaired) electrons. The number of unbranched alkanes of at least 4 members (excludes halogenated alkanes) is 1. The van der Waals surface area contributed by atoms with Crippen LogP contribution in [0.5, 0.6) is 0 Å². The Kier molecular flexibility index (Phi) is 1330. The summed E-state index contributed by atoms with van der Waals surface area (Å²) in [6.07, 6.45) is 3.84. The van der Waals surface area contributed by atoms with Crippen molar-refractivity contribution in [2.75, 3.05) is 61.4 Å². The van der Waals surface area contributed by atoms with E-state index in [-0.39, 0.29) is 134 Å². The van der Waals surface area contributed by atoms with Gasteiger partial charge >= 0.3 is 0 Å². The van der Waals surface area contributed by atoms with E-state index in [1.165, 1.54) is 25.8 Å². The summed E-state index contributed by atoms with van der Waals surface area (Å²) in [5.74, 6) is 0. The summed E-state index contributed by atoms with van der Waals surface area (Å²) in [7, 11) is 9.87. The second-order valence-corrected chi connectivity index (χ2v) is 4.36. The van der Waals surface area contributed by atoms with Crippen LogP contribution in [0, 0.1) is 0 Å². The van der Waals surface area contributed by atoms with Gasteiger partial charge in [0, 0.05) is 13.1 Å². The summed E-state index contributed by atoms with van der Waals surface area (Å²) in [4.78, 5) is 2.33. The van der Waals surface area contributed by atoms with Gasteiger partial charge in [-0.25, -0.2) is 0 Å². The van der Waals surface area contributed by atoms with E-state index < -0.39 is 0 Å². The highest BCUT2D eigenvalue weighted by atomic mass is 15.1. The summed E-state index contributed by atoms with van der Waals surface area (Å²) < 4.78 is 0. The fraction of sp³-hybridized carbons (Fsp3) is 1.00. The highest BCUT2D eigenvalue weighted by molar-refractivity contribution is 4.50. The maximum Gasteiger partial charge on any atom is 0.0104 e. The molecule has 0 aliphatic carbocycles. The topological polar surface area (TPSA) is 39.3 Å². The monoisotopic (exact) mass is 551 g/mol. The SMILES string of the molecule is C.C.C.C.C.C.C.C.C.C.C.C.C.C.C.C.C.C.CCCCNC.CCCN(C)CCNC.CNC. The van der Waals surface area contributed by atoms with Crippen molar-refractivity contribution < 1.29 is 0 Å². The van der Waals surface area contributed by atoms with Crippen molar-refractivity contribution in [2.24, 2.45) is 0 Å². The lowest BCUT2D eigenvalue weighted by atomic mass is 10.3. The van der Waals surface area contributed by atoms with Crippen molar-refractivity contribution in [3.63, 3.8) is 0 Å². The van der Waals surface area contributed by atoms with Crippen LogP contribution in [-0.4, -0.2) is 66.3 Å². The zero-order chi connectivity index (χ0) is 14.6. The molecule has 0 fully saturated rings. The molecular formula is C32H110N4. The number of nitrogens with zero attached hydrogens (tertiary/aromatic N) is 1. The molecule has 0 heterocycles. The van der Waals surface area contributed by atoms with Gasteiger partial charge in [-0.3, -0.25) is 0 Å². The minimum absolute atomic E-state index is 0. The third kappa shape index (κ3) is 377. The van der Waals surface area contributed by atoms with Crippen LogP contribution in [0.15, 0.2) is 0 Å². The summed E-state index contributed by atoms with van der Waals surface area (Å²) >= 11 is 0. The van der Waals surface area contributed by atoms with Crippen LogP contribution in [0.2, 0.25) is 0 Å². The molecule has 0 aromatic carbocycles. The van der Waals surface area contributed by atoms with Gasteiger partial charge in [0.2, 0.25) is 0 Å². The predicted molar refractivity (Wildman–Crippen MR) is 207 cm³/mol. The summed E-state index contributed by atoms with van der Waals surface area (Å²) in [5.41, 5.74) is 0. The molecule has 0 aromatic heterocycles. The van der Waals surface area contributed by atoms with Crippen molar-refractivity contribution in [3.8, 4) is 0 Å². The largest absolute Gasteiger partial charge is 0.323 e. The van der Waals surface area contributed by atoms with Gasteiger partial charge in [0.05, 0.1) is 0 Å². The van der Waals surface area contributed by atoms with E-state index in [2.05, 4.69) is 41.7 Å². The number of likely N-dealkylation sites (N-methyl/N-ethyl adjacent to an activating group) is 2. The first-order valence-electron chi connectivity index (χ1n) is 7.20. The van der Waals surface area contributed by atoms with Crippen molar-refractivity contribution in [1.29, 1.82) is 0 Å². The first-order valence-corrected chi connectivity index (χ1v) is 7.20. The van der Waals surface area contributed by atoms with Crippen molar-refractivity contribution in [2.45, 2.75) is 167 Å². The zero-order valence-corrected chi connectivity index (χ0v) is 13.9. The van der Waals surface area contributed by atoms with E-state index in [4.69, 9.17) is 0 Å². The number of rotatable bonds is 8. The van der Waals surface area contributed by atoms with Gasteiger partial charge in [-0.2, -0.15) is 0 Å². The highest BCUT2D eigenvalue weighted by Gasteiger charge is 1.92. The Morgan fingerprint density at radius 2 is 0.667 bits per heavy atom. The Bertz CT molecular complexity index is 110. The van der Waals surface area contributed by atoms with Crippen LogP contribution in [0.25, 0.3) is 0 Å². The fourth-order valence-electron chi connectivity index (χ4n) is 1.15. The molecule has 0 rings (SSSR count). The average molecular weight is 551 g/mol. The molecule has 0 aliphatic rings. The van der Waals surface area contributed by atoms with Crippen LogP contribution in [0.3, 0.4) is 0 Å². The van der Waals surface area contributed by atoms with Crippen LogP contribution in [0.1, 0.15) is 167 Å². The second kappa shape index (κ2) is 242. The first kappa shape index (κ1) is 198. The lowest BCUT2D eigenvalue weighted by Crippen LogP contribution is -2.27. The van der Waals surface area contributed by atoms with Crippen molar-refractivity contribution >= 4 is 0 Å². The normalized spacial score (nSPS) is 4.67. The molecule has 36 heavy (non-hydrogen) atoms. The Morgan fingerprint density at radius 1 is 0.417 bits per heavy atom. The van der Waals surface area contributed by atoms with Crippen LogP contribution in [0.4, 0.5) is 0 Å². The average Bonchev–Trinajstić information content (AvgIpc) is 2.36. The molecule has 0 spiro atoms. The summed E-state index contributed by atoms with van der Waals surface area (Å²) in [5, 5.41) is 8.93. The zero-order valence-electron chi connectivity index (χ0n) is 13.9. The van der Waals surface area contributed by atoms with Crippen LogP contribution < -0.4 is 16.0 Å². The number of hydrogen-bond acceptors (Lipinski definition) is 4. The first-order chi connectivity index (χ1) is 8.64. The van der Waals surface area contributed by atoms with E-state index in [0.717, 1.165) is 19.6 Å². The lowest BCUT2D eigenvalue weighted by molar-refractivity contribution is 0.336. The molecule has 0 amide bonds. The fourth-order valence-corrected chi connectivity index (χ4v) is 1.15. The molecule has 0 aliphatic heterocycles. The predicted octanol–water partition coefficient (Wildman–Crippen LogP) is 12.8. The molecule has 3 N–H and O–H groups in total. The van der Waals surface area contributed by atoms with Gasteiger partial charge in [0.15, 0.2) is 0 Å². The van der Waals surface area contributed by atoms with E-state index in [0.29, 0.717) is 0 Å². The molecule has 0 aromatic rings. The quantitative estimate of drug-likeness (QED) is 0.263. The van der Waals surface area contributed by atoms with Gasteiger partial charge in [-0.05, 0) is 61.2 Å². The van der Waals surface area contributed by atoms with Gasteiger partial charge < -0.3 is 20.9 Å². The van der Waals surface area contributed by atoms with E-state index in [1.807, 2.05) is 28.2 Å². The Labute approximate surface area is 249 Å². The van der Waals surface area contributed by atoms with Crippen LogP contribution in [-0.2, 0) is 0 Å². The van der Waals surface area contributed by atoms with Crippen molar-refractivity contribution in [1.82, 2.24) is 20.9 Å². The molecule has 4 heteroatoms. The molecule has 0 atom stereocenters. The summed E-state index contributed by atoms with van der Waals surface area (Å²) in [6.45, 7) is 9.02. The van der Waals surface area contributed by atoms with Crippen LogP contribution >= 0.6 is 0 Å². The third-order valence-corrected chi connectivity index (χ3v) is 2.13. The smallest absolute Gasteiger partial charge is 0.0104 e. The van der Waals surface area contributed by atoms with Crippen molar-refractivity contribution in [3.05, 3.63) is 0 Å². The lowest BCUT2D eigenvalue weighted by Gasteiger charge is -2.13. The standard InChI is InChI=1S/C7H18N2.C5H13N.C2H7N.18CH4/c1-4-6-9(3)7-5-8-2;1-3-4-5-6-2;1-3-2;;;;;;;;;;;;;;;;;;/h8H,4-7H2,1-3H3;6H,3-5H2,1-2H3;3H,1-2H3;18*1H4. The minimum Gasteiger partial charge on any atom is -0.323 e. The molecule has 0 bridgehead atoms. The molecule has 0 saturated heterocycles. The second-order valence-electron chi connectivity index (χ2n) is 4.36. The van der Waals surface area contributed by atoms with E-state index >= 15 is 0 Å². The van der Waals surface area contributed by atoms with E-state index in [1.54, 1.807) is 0 Å². The Hall–Kier alpha value is -0.160. The number of nitrogens with one attached hydrogen (secondary N) is 3. The summed E-state index contributed by atoms with van der Waals surface area (Å²) in [6, 6.07) is 0. The molecular weight excluding hydrogens is 440 g/mol. The molecule has 0 saturated carbocycles. The van der Waals surface area contributed by atoms with Gasteiger partial charge in [0.1, 0.15) is 0 Å².